The summed E-state index contributed by atoms with van der Waals surface area (Å²) in [5.74, 6) is -0.713. The van der Waals surface area contributed by atoms with Crippen molar-refractivity contribution in [3.8, 4) is 0 Å². The summed E-state index contributed by atoms with van der Waals surface area (Å²) in [5, 5.41) is 20.6. The fraction of sp³-hybridized carbons (Fsp3) is 0.556. The molecule has 0 aliphatic heterocycles. The molecule has 1 unspecified atom stereocenters. The number of nitrogens with zero attached hydrogens (tertiary/aromatic N) is 2. The Bertz CT molecular complexity index is 717. The zero-order valence-electron chi connectivity index (χ0n) is 17.2. The Hall–Kier alpha value is -3.68. The molecule has 0 bridgehead atoms. The minimum absolute atomic E-state index is 0.0124. The Labute approximate surface area is 182 Å². The summed E-state index contributed by atoms with van der Waals surface area (Å²) in [7, 11) is 0. The highest BCUT2D eigenvalue weighted by molar-refractivity contribution is 5.81. The van der Waals surface area contributed by atoms with Gasteiger partial charge in [-0.15, -0.1) is 20.2 Å². The van der Waals surface area contributed by atoms with Crippen molar-refractivity contribution in [2.24, 2.45) is 0 Å². The SMILES string of the molecule is O=C(NC(Cc1ccccc1)C(=O)OCCOCCO[N+](=O)[O-])OCCCCO[N+](=O)[O-]. The van der Waals surface area contributed by atoms with Crippen LogP contribution in [0.4, 0.5) is 4.79 Å². The molecule has 0 spiro atoms. The normalized spacial score (nSPS) is 11.1. The highest BCUT2D eigenvalue weighted by atomic mass is 17.0. The van der Waals surface area contributed by atoms with Crippen molar-refractivity contribution in [1.82, 2.24) is 5.32 Å². The molecule has 178 valence electrons. The van der Waals surface area contributed by atoms with Gasteiger partial charge in [-0.2, -0.15) is 0 Å². The predicted octanol–water partition coefficient (Wildman–Crippen LogP) is 1.08. The summed E-state index contributed by atoms with van der Waals surface area (Å²) in [6, 6.07) is 7.90. The summed E-state index contributed by atoms with van der Waals surface area (Å²) in [4.78, 5) is 52.7. The molecule has 0 aliphatic carbocycles. The number of carbonyl (C=O) groups is 2. The monoisotopic (exact) mass is 459 g/mol. The summed E-state index contributed by atoms with van der Waals surface area (Å²) >= 11 is 0. The molecule has 1 aromatic rings. The van der Waals surface area contributed by atoms with Gasteiger partial charge in [-0.25, -0.2) is 9.59 Å². The molecule has 1 aromatic carbocycles. The third-order valence-electron chi connectivity index (χ3n) is 3.72. The molecule has 14 heteroatoms. The number of rotatable bonds is 17. The van der Waals surface area contributed by atoms with Gasteiger partial charge >= 0.3 is 12.1 Å². The van der Waals surface area contributed by atoms with E-state index >= 15 is 0 Å². The number of alkyl carbamates (subject to hydrolysis) is 1. The van der Waals surface area contributed by atoms with E-state index in [-0.39, 0.29) is 46.1 Å². The first-order valence-corrected chi connectivity index (χ1v) is 9.64. The van der Waals surface area contributed by atoms with Crippen LogP contribution in [-0.4, -0.2) is 67.9 Å². The second-order valence-corrected chi connectivity index (χ2v) is 6.12. The third-order valence-corrected chi connectivity index (χ3v) is 3.72. The molecular weight excluding hydrogens is 434 g/mol. The topological polar surface area (TPSA) is 179 Å². The fourth-order valence-corrected chi connectivity index (χ4v) is 2.31. The summed E-state index contributed by atoms with van der Waals surface area (Å²) < 4.78 is 15.1. The van der Waals surface area contributed by atoms with Crippen LogP contribution in [0.25, 0.3) is 0 Å². The first kappa shape index (κ1) is 26.4. The molecule has 0 saturated carbocycles. The maximum atomic E-state index is 12.4. The van der Waals surface area contributed by atoms with Crippen LogP contribution in [0.1, 0.15) is 18.4 Å². The Morgan fingerprint density at radius 1 is 0.844 bits per heavy atom. The number of nitrogens with one attached hydrogen (secondary N) is 1. The van der Waals surface area contributed by atoms with Crippen molar-refractivity contribution < 1.29 is 43.6 Å². The maximum absolute atomic E-state index is 12.4. The smallest absolute Gasteiger partial charge is 0.407 e. The Morgan fingerprint density at radius 2 is 1.47 bits per heavy atom. The highest BCUT2D eigenvalue weighted by Crippen LogP contribution is 2.05. The van der Waals surface area contributed by atoms with Gasteiger partial charge in [0.2, 0.25) is 0 Å². The highest BCUT2D eigenvalue weighted by Gasteiger charge is 2.23. The zero-order valence-corrected chi connectivity index (χ0v) is 17.2. The molecule has 0 saturated heterocycles. The van der Waals surface area contributed by atoms with Gasteiger partial charge in [-0.1, -0.05) is 30.3 Å². The zero-order chi connectivity index (χ0) is 23.6. The van der Waals surface area contributed by atoms with E-state index in [1.165, 1.54) is 0 Å². The van der Waals surface area contributed by atoms with Gasteiger partial charge < -0.3 is 29.2 Å². The largest absolute Gasteiger partial charge is 0.462 e. The van der Waals surface area contributed by atoms with Gasteiger partial charge in [-0.3, -0.25) is 0 Å². The quantitative estimate of drug-likeness (QED) is 0.152. The molecule has 0 fully saturated rings. The van der Waals surface area contributed by atoms with Crippen LogP contribution < -0.4 is 5.32 Å². The summed E-state index contributed by atoms with van der Waals surface area (Å²) in [6.07, 6.45) is -0.0299. The first-order chi connectivity index (χ1) is 15.4. The number of carbonyl (C=O) groups excluding carboxylic acids is 2. The van der Waals surface area contributed by atoms with E-state index in [1.54, 1.807) is 30.3 Å². The molecule has 1 rings (SSSR count). The van der Waals surface area contributed by atoms with E-state index in [9.17, 15) is 29.8 Å². The molecule has 1 N–H and O–H groups in total. The van der Waals surface area contributed by atoms with Crippen LogP contribution in [-0.2, 0) is 35.1 Å². The summed E-state index contributed by atoms with van der Waals surface area (Å²) in [6.45, 7) is -0.565. The molecule has 0 radical (unpaired) electrons. The second-order valence-electron chi connectivity index (χ2n) is 6.12. The minimum atomic E-state index is -1.03. The lowest BCUT2D eigenvalue weighted by Gasteiger charge is -2.18. The van der Waals surface area contributed by atoms with E-state index in [4.69, 9.17) is 14.2 Å². The van der Waals surface area contributed by atoms with E-state index in [1.807, 2.05) is 0 Å². The first-order valence-electron chi connectivity index (χ1n) is 9.64. The molecule has 0 heterocycles. The lowest BCUT2D eigenvalue weighted by molar-refractivity contribution is -0.758. The average molecular weight is 459 g/mol. The predicted molar refractivity (Wildman–Crippen MR) is 105 cm³/mol. The van der Waals surface area contributed by atoms with Gasteiger partial charge in [-0.05, 0) is 18.4 Å². The number of benzene rings is 1. The van der Waals surface area contributed by atoms with Crippen LogP contribution >= 0.6 is 0 Å². The molecule has 0 aliphatic rings. The van der Waals surface area contributed by atoms with Gasteiger partial charge in [0.25, 0.3) is 10.2 Å². The standard InChI is InChI=1S/C18H25N3O11/c22-17(29-12-10-28-11-13-32-21(26)27)16(14-15-6-2-1-3-7-15)19-18(23)30-8-4-5-9-31-20(24)25/h1-3,6-7,16H,4-5,8-14H2,(H,19,23). The van der Waals surface area contributed by atoms with Crippen molar-refractivity contribution in [1.29, 1.82) is 0 Å². The second kappa shape index (κ2) is 16.1. The van der Waals surface area contributed by atoms with Crippen molar-refractivity contribution in [2.75, 3.05) is 39.6 Å². The van der Waals surface area contributed by atoms with Gasteiger partial charge in [0.05, 0.1) is 26.4 Å². The number of unbranched alkanes of at least 4 members (excludes halogenated alkanes) is 1. The van der Waals surface area contributed by atoms with Crippen molar-refractivity contribution in [2.45, 2.75) is 25.3 Å². The Kier molecular flexibility index (Phi) is 13.2. The van der Waals surface area contributed by atoms with Gasteiger partial charge in [0.15, 0.2) is 0 Å². The molecule has 1 atom stereocenters. The van der Waals surface area contributed by atoms with Crippen molar-refractivity contribution in [3.63, 3.8) is 0 Å². The molecule has 14 nitrogen and oxygen atoms in total. The third kappa shape index (κ3) is 13.5. The van der Waals surface area contributed by atoms with E-state index < -0.39 is 28.3 Å². The lowest BCUT2D eigenvalue weighted by atomic mass is 10.1. The van der Waals surface area contributed by atoms with Crippen LogP contribution in [0.15, 0.2) is 30.3 Å². The van der Waals surface area contributed by atoms with Gasteiger partial charge in [0.1, 0.15) is 19.3 Å². The summed E-state index contributed by atoms with van der Waals surface area (Å²) in [5.41, 5.74) is 0.778. The fourth-order valence-electron chi connectivity index (χ4n) is 2.31. The van der Waals surface area contributed by atoms with Gasteiger partial charge in [0, 0.05) is 6.42 Å². The van der Waals surface area contributed by atoms with Crippen molar-refractivity contribution in [3.05, 3.63) is 56.1 Å². The molecule has 32 heavy (non-hydrogen) atoms. The van der Waals surface area contributed by atoms with Crippen LogP contribution in [0.2, 0.25) is 0 Å². The van der Waals surface area contributed by atoms with E-state index in [0.29, 0.717) is 12.8 Å². The number of hydrogen-bond donors (Lipinski definition) is 1. The van der Waals surface area contributed by atoms with Crippen LogP contribution in [0, 0.1) is 20.2 Å². The van der Waals surface area contributed by atoms with Crippen LogP contribution in [0.5, 0.6) is 0 Å². The number of hydrogen-bond acceptors (Lipinski definition) is 11. The number of esters is 1. The lowest BCUT2D eigenvalue weighted by Crippen LogP contribution is -2.44. The molecular formula is C18H25N3O11. The minimum Gasteiger partial charge on any atom is -0.462 e. The number of amides is 1. The van der Waals surface area contributed by atoms with Crippen molar-refractivity contribution >= 4 is 12.1 Å². The Morgan fingerprint density at radius 3 is 2.16 bits per heavy atom. The van der Waals surface area contributed by atoms with E-state index in [2.05, 4.69) is 15.0 Å². The number of ether oxygens (including phenoxy) is 3. The average Bonchev–Trinajstić information content (AvgIpc) is 2.75. The Balaban J connectivity index is 2.41. The molecule has 0 aromatic heterocycles. The van der Waals surface area contributed by atoms with E-state index in [0.717, 1.165) is 5.56 Å². The maximum Gasteiger partial charge on any atom is 0.407 e. The molecule has 1 amide bonds. The van der Waals surface area contributed by atoms with Crippen LogP contribution in [0.3, 0.4) is 0 Å².